The normalized spacial score (nSPS) is 12.8. The molecule has 8 heteroatoms. The Balaban J connectivity index is 2.25. The average Bonchev–Trinajstić information content (AvgIpc) is 2.67. The third-order valence-corrected chi connectivity index (χ3v) is 4.48. The molecule has 7 nitrogen and oxygen atoms in total. The van der Waals surface area contributed by atoms with Gasteiger partial charge in [0.05, 0.1) is 11.6 Å². The Kier molecular flexibility index (Phi) is 7.40. The van der Waals surface area contributed by atoms with E-state index in [0.717, 1.165) is 9.65 Å². The van der Waals surface area contributed by atoms with Crippen molar-refractivity contribution in [3.8, 4) is 11.8 Å². The number of phenols is 1. The van der Waals surface area contributed by atoms with Gasteiger partial charge in [-0.05, 0) is 65.1 Å². The number of rotatable bonds is 6. The van der Waals surface area contributed by atoms with Gasteiger partial charge in [0.25, 0.3) is 0 Å². The highest BCUT2D eigenvalue weighted by atomic mass is 127. The number of carboxylic acid groups (broad SMARTS) is 1. The smallest absolute Gasteiger partial charge is 0.412 e. The van der Waals surface area contributed by atoms with Gasteiger partial charge in [-0.3, -0.25) is 5.32 Å². The lowest BCUT2D eigenvalue weighted by Crippen LogP contribution is -2.21. The van der Waals surface area contributed by atoms with Crippen LogP contribution in [0.4, 0.5) is 10.5 Å². The van der Waals surface area contributed by atoms with Gasteiger partial charge in [-0.15, -0.1) is 0 Å². The van der Waals surface area contributed by atoms with Crippen LogP contribution in [0.15, 0.2) is 54.6 Å². The number of anilines is 1. The fourth-order valence-electron chi connectivity index (χ4n) is 2.43. The van der Waals surface area contributed by atoms with E-state index in [4.69, 9.17) is 15.1 Å². The van der Waals surface area contributed by atoms with E-state index in [1.807, 2.05) is 6.07 Å². The molecule has 144 valence electrons. The van der Waals surface area contributed by atoms with Crippen molar-refractivity contribution in [2.24, 2.45) is 5.92 Å². The van der Waals surface area contributed by atoms with Crippen molar-refractivity contribution in [2.75, 3.05) is 5.32 Å². The van der Waals surface area contributed by atoms with E-state index in [-0.39, 0.29) is 5.75 Å². The molecule has 0 aliphatic carbocycles. The summed E-state index contributed by atoms with van der Waals surface area (Å²) < 4.78 is 6.32. The third-order valence-electron chi connectivity index (χ3n) is 3.81. The van der Waals surface area contributed by atoms with Crippen LogP contribution in [0, 0.1) is 20.8 Å². The SMILES string of the molecule is C[C@@H](/C=C/C(=O)O)[C@@H](OC(=O)Nc1ccc(C#N)cc1)c1cc(I)ccc1O. The first kappa shape index (κ1) is 21.2. The highest BCUT2D eigenvalue weighted by Gasteiger charge is 2.25. The van der Waals surface area contributed by atoms with Crippen LogP contribution in [0.5, 0.6) is 5.75 Å². The third kappa shape index (κ3) is 5.99. The Morgan fingerprint density at radius 1 is 1.25 bits per heavy atom. The molecular formula is C20H17IN2O5. The number of carbonyl (C=O) groups is 2. The highest BCUT2D eigenvalue weighted by Crippen LogP contribution is 2.34. The molecule has 0 aliphatic rings. The Morgan fingerprint density at radius 3 is 2.54 bits per heavy atom. The van der Waals surface area contributed by atoms with Gasteiger partial charge < -0.3 is 14.9 Å². The number of ether oxygens (including phenoxy) is 1. The molecule has 2 aromatic rings. The first-order chi connectivity index (χ1) is 13.3. The van der Waals surface area contributed by atoms with Crippen molar-refractivity contribution in [2.45, 2.75) is 13.0 Å². The highest BCUT2D eigenvalue weighted by molar-refractivity contribution is 14.1. The predicted octanol–water partition coefficient (Wildman–Crippen LogP) is 4.44. The number of phenolic OH excluding ortho intramolecular Hbond substituents is 1. The lowest BCUT2D eigenvalue weighted by Gasteiger charge is -2.23. The number of carbonyl (C=O) groups excluding carboxylic acids is 1. The maximum atomic E-state index is 12.4. The van der Waals surface area contributed by atoms with Crippen LogP contribution in [-0.4, -0.2) is 22.3 Å². The summed E-state index contributed by atoms with van der Waals surface area (Å²) in [6.07, 6.45) is 0.665. The summed E-state index contributed by atoms with van der Waals surface area (Å²) in [5.41, 5.74) is 1.25. The van der Waals surface area contributed by atoms with Crippen LogP contribution < -0.4 is 5.32 Å². The molecule has 2 aromatic carbocycles. The quantitative estimate of drug-likeness (QED) is 0.406. The maximum absolute atomic E-state index is 12.4. The van der Waals surface area contributed by atoms with Gasteiger partial charge in [-0.2, -0.15) is 5.26 Å². The summed E-state index contributed by atoms with van der Waals surface area (Å²) in [7, 11) is 0. The summed E-state index contributed by atoms with van der Waals surface area (Å²) in [6, 6.07) is 13.1. The number of hydrogen-bond donors (Lipinski definition) is 3. The van der Waals surface area contributed by atoms with E-state index in [9.17, 15) is 14.7 Å². The van der Waals surface area contributed by atoms with Crippen LogP contribution in [0.2, 0.25) is 0 Å². The molecule has 0 fully saturated rings. The van der Waals surface area contributed by atoms with Crippen molar-refractivity contribution >= 4 is 40.3 Å². The number of nitrogens with zero attached hydrogens (tertiary/aromatic N) is 1. The van der Waals surface area contributed by atoms with Crippen molar-refractivity contribution in [3.63, 3.8) is 0 Å². The fraction of sp³-hybridized carbons (Fsp3) is 0.150. The van der Waals surface area contributed by atoms with Crippen molar-refractivity contribution in [1.82, 2.24) is 0 Å². The Labute approximate surface area is 175 Å². The minimum Gasteiger partial charge on any atom is -0.508 e. The van der Waals surface area contributed by atoms with E-state index in [0.29, 0.717) is 16.8 Å². The van der Waals surface area contributed by atoms with Crippen LogP contribution in [-0.2, 0) is 9.53 Å². The molecule has 2 atom stereocenters. The molecule has 0 aromatic heterocycles. The first-order valence-electron chi connectivity index (χ1n) is 8.17. The first-order valence-corrected chi connectivity index (χ1v) is 9.25. The molecule has 0 saturated carbocycles. The van der Waals surface area contributed by atoms with Gasteiger partial charge in [-0.25, -0.2) is 9.59 Å². The van der Waals surface area contributed by atoms with Gasteiger partial charge in [0.2, 0.25) is 0 Å². The second-order valence-corrected chi connectivity index (χ2v) is 7.15. The fourth-order valence-corrected chi connectivity index (χ4v) is 2.95. The zero-order valence-corrected chi connectivity index (χ0v) is 17.0. The molecule has 0 heterocycles. The van der Waals surface area contributed by atoms with Crippen LogP contribution in [0.3, 0.4) is 0 Å². The molecular weight excluding hydrogens is 475 g/mol. The Morgan fingerprint density at radius 2 is 1.93 bits per heavy atom. The van der Waals surface area contributed by atoms with E-state index in [1.165, 1.54) is 12.1 Å². The Bertz CT molecular complexity index is 935. The predicted molar refractivity (Wildman–Crippen MR) is 111 cm³/mol. The second kappa shape index (κ2) is 9.75. The maximum Gasteiger partial charge on any atom is 0.412 e. The topological polar surface area (TPSA) is 120 Å². The van der Waals surface area contributed by atoms with Crippen molar-refractivity contribution in [1.29, 1.82) is 5.26 Å². The molecule has 0 bridgehead atoms. The number of nitrogens with one attached hydrogen (secondary N) is 1. The standard InChI is InChI=1S/C20H17IN2O5/c1-12(2-9-18(25)26)19(16-10-14(21)5-8-17(16)24)28-20(27)23-15-6-3-13(11-22)4-7-15/h2-10,12,19,24H,1H3,(H,23,27)(H,25,26)/b9-2+/t12-,19+/m0/s1. The number of amides is 1. The molecule has 0 aliphatic heterocycles. The van der Waals surface area contributed by atoms with E-state index >= 15 is 0 Å². The number of halogens is 1. The number of nitriles is 1. The number of benzene rings is 2. The molecule has 0 saturated heterocycles. The number of hydrogen-bond acceptors (Lipinski definition) is 5. The van der Waals surface area contributed by atoms with E-state index in [2.05, 4.69) is 27.9 Å². The van der Waals surface area contributed by atoms with Gasteiger partial charge in [-0.1, -0.05) is 13.0 Å². The molecule has 0 spiro atoms. The summed E-state index contributed by atoms with van der Waals surface area (Å²) in [6.45, 7) is 1.68. The summed E-state index contributed by atoms with van der Waals surface area (Å²) in [4.78, 5) is 23.2. The van der Waals surface area contributed by atoms with Gasteiger partial charge in [0.1, 0.15) is 11.9 Å². The van der Waals surface area contributed by atoms with Crippen molar-refractivity contribution in [3.05, 3.63) is 69.3 Å². The summed E-state index contributed by atoms with van der Waals surface area (Å²) >= 11 is 2.06. The molecule has 3 N–H and O–H groups in total. The number of aromatic hydroxyl groups is 1. The zero-order chi connectivity index (χ0) is 20.7. The van der Waals surface area contributed by atoms with Gasteiger partial charge >= 0.3 is 12.1 Å². The van der Waals surface area contributed by atoms with Gasteiger partial charge in [0.15, 0.2) is 0 Å². The zero-order valence-electron chi connectivity index (χ0n) is 14.8. The minimum absolute atomic E-state index is 0.0628. The summed E-state index contributed by atoms with van der Waals surface area (Å²) in [5.74, 6) is -1.71. The number of aliphatic carboxylic acids is 1. The lowest BCUT2D eigenvalue weighted by molar-refractivity contribution is -0.131. The van der Waals surface area contributed by atoms with Crippen molar-refractivity contribution < 1.29 is 24.5 Å². The monoisotopic (exact) mass is 492 g/mol. The molecule has 1 amide bonds. The molecule has 0 radical (unpaired) electrons. The van der Waals surface area contributed by atoms with Gasteiger partial charge in [0, 0.05) is 26.8 Å². The van der Waals surface area contributed by atoms with E-state index < -0.39 is 24.1 Å². The molecule has 0 unspecified atom stereocenters. The molecule has 2 rings (SSSR count). The minimum atomic E-state index is -1.13. The number of carboxylic acids is 1. The van der Waals surface area contributed by atoms with Crippen LogP contribution >= 0.6 is 22.6 Å². The average molecular weight is 492 g/mol. The van der Waals surface area contributed by atoms with Crippen LogP contribution in [0.25, 0.3) is 0 Å². The Hall–Kier alpha value is -3.06. The van der Waals surface area contributed by atoms with E-state index in [1.54, 1.807) is 43.3 Å². The lowest BCUT2D eigenvalue weighted by atomic mass is 9.96. The largest absolute Gasteiger partial charge is 0.508 e. The second-order valence-electron chi connectivity index (χ2n) is 5.90. The van der Waals surface area contributed by atoms with Crippen LogP contribution in [0.1, 0.15) is 24.2 Å². The summed E-state index contributed by atoms with van der Waals surface area (Å²) in [5, 5.41) is 30.4. The molecule has 28 heavy (non-hydrogen) atoms.